The van der Waals surface area contributed by atoms with Gasteiger partial charge in [0.15, 0.2) is 0 Å². The summed E-state index contributed by atoms with van der Waals surface area (Å²) >= 11 is 0. The maximum absolute atomic E-state index is 11.6. The van der Waals surface area contributed by atoms with Gasteiger partial charge in [-0.05, 0) is 67.7 Å². The van der Waals surface area contributed by atoms with Crippen molar-refractivity contribution in [3.05, 3.63) is 0 Å². The van der Waals surface area contributed by atoms with Crippen molar-refractivity contribution in [3.8, 4) is 0 Å². The number of hydrogen-bond acceptors (Lipinski definition) is 10. The fourth-order valence-electron chi connectivity index (χ4n) is 2.97. The topological polar surface area (TPSA) is 162 Å². The van der Waals surface area contributed by atoms with Gasteiger partial charge in [-0.15, -0.1) is 0 Å². The number of likely N-dealkylation sites (tertiary alicyclic amines) is 1. The summed E-state index contributed by atoms with van der Waals surface area (Å²) in [5, 5.41) is 2.43. The zero-order valence-electron chi connectivity index (χ0n) is 23.4. The maximum atomic E-state index is 11.6. The molecule has 1 aliphatic rings. The van der Waals surface area contributed by atoms with Crippen LogP contribution in [0.5, 0.6) is 0 Å². The molecule has 0 aromatic heterocycles. The molecule has 3 amide bonds. The molecule has 0 spiro atoms. The lowest BCUT2D eigenvalue weighted by Crippen LogP contribution is -2.44. The Morgan fingerprint density at radius 2 is 1.54 bits per heavy atom. The SMILES string of the molecule is CCCC(=O)CC[C@@H](NC(=O)OC(C)(C)C)C(=O)OC.C[C@H]1CCC(=O)N1C(=O)OC(C)(C)C.O=C=O. The predicted octanol–water partition coefficient (Wildman–Crippen LogP) is 3.55. The molecule has 12 nitrogen and oxygen atoms in total. The Labute approximate surface area is 218 Å². The van der Waals surface area contributed by atoms with Crippen LogP contribution in [-0.4, -0.2) is 71.3 Å². The Morgan fingerprint density at radius 3 is 1.92 bits per heavy atom. The molecule has 0 aliphatic carbocycles. The van der Waals surface area contributed by atoms with Gasteiger partial charge in [-0.25, -0.2) is 19.3 Å². The number of ether oxygens (including phenoxy) is 3. The van der Waals surface area contributed by atoms with Crippen LogP contribution in [0.1, 0.15) is 93.9 Å². The Kier molecular flexibility index (Phi) is 16.7. The smallest absolute Gasteiger partial charge is 0.417 e. The molecule has 0 saturated carbocycles. The molecular formula is C25H42N2O10. The van der Waals surface area contributed by atoms with Crippen LogP contribution in [0.15, 0.2) is 0 Å². The second kappa shape index (κ2) is 17.2. The summed E-state index contributed by atoms with van der Waals surface area (Å²) in [6.07, 6.45) is 1.89. The van der Waals surface area contributed by atoms with Crippen molar-refractivity contribution < 1.29 is 47.8 Å². The van der Waals surface area contributed by atoms with Crippen LogP contribution in [0.4, 0.5) is 9.59 Å². The number of Topliss-reactive ketones (excluding diaryl/α,β-unsaturated/α-hetero) is 1. The van der Waals surface area contributed by atoms with Crippen molar-refractivity contribution in [1.82, 2.24) is 10.2 Å². The van der Waals surface area contributed by atoms with Crippen LogP contribution in [0.2, 0.25) is 0 Å². The second-order valence-corrected chi connectivity index (χ2v) is 10.3. The number of imide groups is 1. The Hall–Kier alpha value is -3.27. The number of rotatable bonds is 7. The number of carbonyl (C=O) groups excluding carboxylic acids is 7. The first-order valence-corrected chi connectivity index (χ1v) is 12.1. The van der Waals surface area contributed by atoms with Crippen molar-refractivity contribution in [2.24, 2.45) is 0 Å². The van der Waals surface area contributed by atoms with E-state index in [2.05, 4.69) is 10.1 Å². The van der Waals surface area contributed by atoms with E-state index in [4.69, 9.17) is 19.1 Å². The van der Waals surface area contributed by atoms with E-state index < -0.39 is 35.4 Å². The number of esters is 1. The van der Waals surface area contributed by atoms with Gasteiger partial charge in [-0.3, -0.25) is 9.59 Å². The quantitative estimate of drug-likeness (QED) is 0.380. The zero-order chi connectivity index (χ0) is 29.4. The van der Waals surface area contributed by atoms with E-state index in [-0.39, 0.29) is 36.7 Å². The normalized spacial score (nSPS) is 15.5. The molecular weight excluding hydrogens is 488 g/mol. The standard InChI is InChI=1S/C14H25NO5.C10H17NO3.CO2/c1-6-7-10(16)8-9-11(12(17)19-5)15-13(18)20-14(2,3)4;1-7-5-6-8(12)11(7)9(13)14-10(2,3)4;2-1-3/h11H,6-9H2,1-5H3,(H,15,18);7H,5-6H2,1-4H3;/t11-;7-;/m10./s1. The highest BCUT2D eigenvalue weighted by Crippen LogP contribution is 2.21. The summed E-state index contributed by atoms with van der Waals surface area (Å²) in [4.78, 5) is 75.1. The zero-order valence-corrected chi connectivity index (χ0v) is 23.4. The molecule has 1 N–H and O–H groups in total. The van der Waals surface area contributed by atoms with Gasteiger partial charge in [0.2, 0.25) is 5.91 Å². The molecule has 1 saturated heterocycles. The number of alkyl carbamates (subject to hydrolysis) is 1. The minimum absolute atomic E-state index is 0.0302. The van der Waals surface area contributed by atoms with Gasteiger partial charge in [0.05, 0.1) is 7.11 Å². The molecule has 0 radical (unpaired) electrons. The van der Waals surface area contributed by atoms with E-state index in [1.807, 2.05) is 13.8 Å². The minimum atomic E-state index is -0.865. The summed E-state index contributed by atoms with van der Waals surface area (Å²) in [6, 6.07) is -0.895. The first-order chi connectivity index (χ1) is 16.9. The molecule has 1 rings (SSSR count). The molecule has 0 unspecified atom stereocenters. The fourth-order valence-corrected chi connectivity index (χ4v) is 2.97. The van der Waals surface area contributed by atoms with Gasteiger partial charge in [0.1, 0.15) is 23.0 Å². The highest BCUT2D eigenvalue weighted by atomic mass is 16.6. The maximum Gasteiger partial charge on any atom is 0.417 e. The number of carbonyl (C=O) groups is 5. The van der Waals surface area contributed by atoms with E-state index in [1.165, 1.54) is 12.0 Å². The third kappa shape index (κ3) is 17.7. The second-order valence-electron chi connectivity index (χ2n) is 10.3. The van der Waals surface area contributed by atoms with Gasteiger partial charge in [0, 0.05) is 25.3 Å². The highest BCUT2D eigenvalue weighted by molar-refractivity contribution is 5.94. The average Bonchev–Trinajstić information content (AvgIpc) is 3.07. The molecule has 0 aromatic carbocycles. The third-order valence-electron chi connectivity index (χ3n) is 4.49. The molecule has 12 heteroatoms. The summed E-state index contributed by atoms with van der Waals surface area (Å²) < 4.78 is 14.8. The fraction of sp³-hybridized carbons (Fsp3) is 0.760. The Balaban J connectivity index is 0. The summed E-state index contributed by atoms with van der Waals surface area (Å²) in [5.41, 5.74) is -1.19. The Bertz CT molecular complexity index is 805. The molecule has 2 atom stereocenters. The van der Waals surface area contributed by atoms with Crippen molar-refractivity contribution in [2.45, 2.75) is 117 Å². The van der Waals surface area contributed by atoms with Gasteiger partial charge >= 0.3 is 24.3 Å². The van der Waals surface area contributed by atoms with E-state index in [1.54, 1.807) is 41.5 Å². The number of nitrogens with zero attached hydrogens (tertiary/aromatic N) is 1. The average molecular weight is 531 g/mol. The monoisotopic (exact) mass is 530 g/mol. The lowest BCUT2D eigenvalue weighted by atomic mass is 10.1. The van der Waals surface area contributed by atoms with Crippen LogP contribution < -0.4 is 5.32 Å². The number of hydrogen-bond donors (Lipinski definition) is 1. The molecule has 212 valence electrons. The lowest BCUT2D eigenvalue weighted by molar-refractivity contribution is -0.191. The van der Waals surface area contributed by atoms with E-state index in [9.17, 15) is 24.0 Å². The Morgan fingerprint density at radius 1 is 1.03 bits per heavy atom. The van der Waals surface area contributed by atoms with Crippen LogP contribution >= 0.6 is 0 Å². The summed E-state index contributed by atoms with van der Waals surface area (Å²) in [6.45, 7) is 14.3. The third-order valence-corrected chi connectivity index (χ3v) is 4.49. The van der Waals surface area contributed by atoms with Crippen molar-refractivity contribution in [3.63, 3.8) is 0 Å². The molecule has 0 bridgehead atoms. The predicted molar refractivity (Wildman–Crippen MR) is 131 cm³/mol. The molecule has 37 heavy (non-hydrogen) atoms. The first-order valence-electron chi connectivity index (χ1n) is 12.1. The first kappa shape index (κ1) is 35.9. The van der Waals surface area contributed by atoms with Crippen molar-refractivity contribution in [1.29, 1.82) is 0 Å². The number of amides is 3. The van der Waals surface area contributed by atoms with Crippen molar-refractivity contribution >= 4 is 36.0 Å². The molecule has 1 heterocycles. The van der Waals surface area contributed by atoms with E-state index >= 15 is 0 Å². The van der Waals surface area contributed by atoms with E-state index in [0.29, 0.717) is 12.8 Å². The van der Waals surface area contributed by atoms with Crippen LogP contribution in [-0.2, 0) is 38.2 Å². The van der Waals surface area contributed by atoms with Crippen LogP contribution in [0.3, 0.4) is 0 Å². The van der Waals surface area contributed by atoms with E-state index in [0.717, 1.165) is 12.8 Å². The van der Waals surface area contributed by atoms with Gasteiger partial charge in [0.25, 0.3) is 0 Å². The molecule has 1 aliphatic heterocycles. The number of ketones is 1. The highest BCUT2D eigenvalue weighted by Gasteiger charge is 2.35. The number of methoxy groups -OCH3 is 1. The summed E-state index contributed by atoms with van der Waals surface area (Å²) in [7, 11) is 1.24. The van der Waals surface area contributed by atoms with Crippen molar-refractivity contribution in [2.75, 3.05) is 7.11 Å². The van der Waals surface area contributed by atoms with Gasteiger partial charge in [-0.1, -0.05) is 6.92 Å². The number of nitrogens with one attached hydrogen (secondary N) is 1. The summed E-state index contributed by atoms with van der Waals surface area (Å²) in [5.74, 6) is -0.653. The lowest BCUT2D eigenvalue weighted by Gasteiger charge is -2.25. The van der Waals surface area contributed by atoms with Crippen LogP contribution in [0, 0.1) is 0 Å². The molecule has 1 fully saturated rings. The molecule has 0 aromatic rings. The van der Waals surface area contributed by atoms with Crippen LogP contribution in [0.25, 0.3) is 0 Å². The van der Waals surface area contributed by atoms with Gasteiger partial charge < -0.3 is 19.5 Å². The minimum Gasteiger partial charge on any atom is -0.467 e. The largest absolute Gasteiger partial charge is 0.467 e. The van der Waals surface area contributed by atoms with Gasteiger partial charge in [-0.2, -0.15) is 9.59 Å².